The minimum Gasteiger partial charge on any atom is -0.308 e. The van der Waals surface area contributed by atoms with Gasteiger partial charge >= 0.3 is 5.69 Å². The van der Waals surface area contributed by atoms with Gasteiger partial charge in [0.2, 0.25) is 5.91 Å². The second-order valence-corrected chi connectivity index (χ2v) is 10.4. The largest absolute Gasteiger partial charge is 0.332 e. The van der Waals surface area contributed by atoms with Crippen molar-refractivity contribution in [1.29, 1.82) is 0 Å². The summed E-state index contributed by atoms with van der Waals surface area (Å²) in [6.07, 6.45) is 1.37. The van der Waals surface area contributed by atoms with Crippen molar-refractivity contribution in [3.8, 4) is 0 Å². The number of hydrogen-bond acceptors (Lipinski definition) is 7. The van der Waals surface area contributed by atoms with Gasteiger partial charge in [0.25, 0.3) is 5.56 Å². The number of fused-ring (bicyclic) bond motifs is 1. The number of thioether (sulfide) groups is 1. The Kier molecular flexibility index (Phi) is 6.69. The fourth-order valence-corrected chi connectivity index (χ4v) is 4.16. The molecule has 0 aromatic carbocycles. The number of aryl methyl sites for hydroxylation is 1. The summed E-state index contributed by atoms with van der Waals surface area (Å²) < 4.78 is 2.30. The predicted molar refractivity (Wildman–Crippen MR) is 127 cm³/mol. The molecular formula is C20H22Cl2N6O3S. The normalized spacial score (nSPS) is 12.8. The quantitative estimate of drug-likeness (QED) is 0.435. The molecule has 0 aliphatic heterocycles. The SMILES string of the molecule is CC(Sc1nc(C(C)(C)C)nc2c1c(=O)n(C)c(=O)n2C)C(=O)Nc1ncc(Cl)cc1Cl. The maximum Gasteiger partial charge on any atom is 0.332 e. The van der Waals surface area contributed by atoms with E-state index in [4.69, 9.17) is 23.2 Å². The van der Waals surface area contributed by atoms with E-state index in [0.29, 0.717) is 15.9 Å². The van der Waals surface area contributed by atoms with Gasteiger partial charge in [0, 0.05) is 25.7 Å². The first-order chi connectivity index (χ1) is 14.8. The molecule has 1 amide bonds. The van der Waals surface area contributed by atoms with Gasteiger partial charge in [-0.25, -0.2) is 19.7 Å². The molecule has 12 heteroatoms. The van der Waals surface area contributed by atoms with Gasteiger partial charge < -0.3 is 5.32 Å². The summed E-state index contributed by atoms with van der Waals surface area (Å²) in [6.45, 7) is 7.44. The molecule has 3 aromatic heterocycles. The summed E-state index contributed by atoms with van der Waals surface area (Å²) in [6, 6.07) is 1.47. The van der Waals surface area contributed by atoms with E-state index in [1.165, 1.54) is 23.9 Å². The van der Waals surface area contributed by atoms with Gasteiger partial charge in [-0.15, -0.1) is 0 Å². The van der Waals surface area contributed by atoms with E-state index in [1.807, 2.05) is 20.8 Å². The molecule has 170 valence electrons. The van der Waals surface area contributed by atoms with Crippen LogP contribution in [0.1, 0.15) is 33.5 Å². The maximum absolute atomic E-state index is 12.9. The number of halogens is 2. The molecule has 9 nitrogen and oxygen atoms in total. The van der Waals surface area contributed by atoms with Crippen LogP contribution in [0.5, 0.6) is 0 Å². The minimum atomic E-state index is -0.670. The van der Waals surface area contributed by atoms with Gasteiger partial charge in [-0.3, -0.25) is 18.7 Å². The van der Waals surface area contributed by atoms with Crippen LogP contribution in [0, 0.1) is 0 Å². The van der Waals surface area contributed by atoms with Gasteiger partial charge in [0.05, 0.1) is 15.3 Å². The van der Waals surface area contributed by atoms with Crippen LogP contribution >= 0.6 is 35.0 Å². The van der Waals surface area contributed by atoms with Crippen molar-refractivity contribution in [2.45, 2.75) is 43.4 Å². The highest BCUT2D eigenvalue weighted by atomic mass is 35.5. The summed E-state index contributed by atoms with van der Waals surface area (Å²) in [7, 11) is 2.93. The van der Waals surface area contributed by atoms with Crippen molar-refractivity contribution >= 4 is 57.7 Å². The van der Waals surface area contributed by atoms with Crippen LogP contribution in [0.15, 0.2) is 26.9 Å². The number of amides is 1. The minimum absolute atomic E-state index is 0.176. The standard InChI is InChI=1S/C20H22Cl2N6O3S/c1-9(15(29)24-13-11(22)7-10(21)8-23-13)32-16-12-14(25-18(26-16)20(2,3)4)27(5)19(31)28(6)17(12)30/h7-9H,1-6H3,(H,23,24,29). The molecule has 0 bridgehead atoms. The average Bonchev–Trinajstić information content (AvgIpc) is 2.71. The van der Waals surface area contributed by atoms with Gasteiger partial charge in [0.15, 0.2) is 11.5 Å². The number of nitrogens with zero attached hydrogens (tertiary/aromatic N) is 5. The number of anilines is 1. The molecule has 3 aromatic rings. The molecule has 3 rings (SSSR count). The van der Waals surface area contributed by atoms with Gasteiger partial charge in [-0.2, -0.15) is 0 Å². The highest BCUT2D eigenvalue weighted by Crippen LogP contribution is 2.30. The molecule has 1 atom stereocenters. The number of hydrogen-bond donors (Lipinski definition) is 1. The summed E-state index contributed by atoms with van der Waals surface area (Å²) in [5.41, 5.74) is -1.25. The van der Waals surface area contributed by atoms with E-state index in [9.17, 15) is 14.4 Å². The molecule has 32 heavy (non-hydrogen) atoms. The van der Waals surface area contributed by atoms with Crippen LogP contribution in [0.3, 0.4) is 0 Å². The van der Waals surface area contributed by atoms with Crippen molar-refractivity contribution in [2.75, 3.05) is 5.32 Å². The zero-order valence-electron chi connectivity index (χ0n) is 18.4. The number of rotatable bonds is 4. The smallest absolute Gasteiger partial charge is 0.308 e. The second-order valence-electron chi connectivity index (χ2n) is 8.24. The van der Waals surface area contributed by atoms with Crippen LogP contribution in [0.25, 0.3) is 11.0 Å². The summed E-state index contributed by atoms with van der Waals surface area (Å²) in [5.74, 6) is 0.234. The zero-order valence-corrected chi connectivity index (χ0v) is 20.7. The lowest BCUT2D eigenvalue weighted by atomic mass is 9.96. The Bertz CT molecular complexity index is 1350. The third-order valence-electron chi connectivity index (χ3n) is 4.64. The maximum atomic E-state index is 12.9. The molecule has 3 heterocycles. The predicted octanol–water partition coefficient (Wildman–Crippen LogP) is 3.15. The highest BCUT2D eigenvalue weighted by molar-refractivity contribution is 8.00. The van der Waals surface area contributed by atoms with Crippen molar-refractivity contribution < 1.29 is 4.79 Å². The Morgan fingerprint density at radius 1 is 1.16 bits per heavy atom. The molecule has 1 N–H and O–H groups in total. The molecular weight excluding hydrogens is 475 g/mol. The summed E-state index contributed by atoms with van der Waals surface area (Å²) in [4.78, 5) is 51.3. The lowest BCUT2D eigenvalue weighted by Gasteiger charge is -2.20. The summed E-state index contributed by atoms with van der Waals surface area (Å²) in [5, 5.41) is 3.02. The van der Waals surface area contributed by atoms with Crippen LogP contribution in [0.4, 0.5) is 5.82 Å². The van der Waals surface area contributed by atoms with E-state index in [0.717, 1.165) is 16.3 Å². The Balaban J connectivity index is 2.08. The third kappa shape index (κ3) is 4.67. The first-order valence-corrected chi connectivity index (χ1v) is 11.2. The Labute approximate surface area is 198 Å². The molecule has 1 unspecified atom stereocenters. The zero-order chi connectivity index (χ0) is 24.0. The van der Waals surface area contributed by atoms with Crippen molar-refractivity contribution in [2.24, 2.45) is 14.1 Å². The van der Waals surface area contributed by atoms with Gasteiger partial charge in [-0.05, 0) is 13.0 Å². The number of carbonyl (C=O) groups is 1. The number of aromatic nitrogens is 5. The van der Waals surface area contributed by atoms with Crippen LogP contribution < -0.4 is 16.6 Å². The Hall–Kier alpha value is -2.43. The fraction of sp³-hybridized carbons (Fsp3) is 0.400. The third-order valence-corrected chi connectivity index (χ3v) is 6.23. The molecule has 0 aliphatic carbocycles. The Morgan fingerprint density at radius 3 is 2.41 bits per heavy atom. The first-order valence-electron chi connectivity index (χ1n) is 9.58. The van der Waals surface area contributed by atoms with Crippen molar-refractivity contribution in [3.63, 3.8) is 0 Å². The van der Waals surface area contributed by atoms with Crippen molar-refractivity contribution in [1.82, 2.24) is 24.1 Å². The van der Waals surface area contributed by atoms with Gasteiger partial charge in [-0.1, -0.05) is 55.7 Å². The van der Waals surface area contributed by atoms with Crippen LogP contribution in [-0.4, -0.2) is 35.2 Å². The number of carbonyl (C=O) groups excluding carboxylic acids is 1. The van der Waals surface area contributed by atoms with E-state index < -0.39 is 27.8 Å². The topological polar surface area (TPSA) is 112 Å². The van der Waals surface area contributed by atoms with E-state index in [-0.39, 0.29) is 21.9 Å². The van der Waals surface area contributed by atoms with E-state index in [1.54, 1.807) is 14.0 Å². The fourth-order valence-electron chi connectivity index (χ4n) is 2.80. The number of nitrogens with one attached hydrogen (secondary N) is 1. The molecule has 0 radical (unpaired) electrons. The van der Waals surface area contributed by atoms with Crippen LogP contribution in [-0.2, 0) is 24.3 Å². The first kappa shape index (κ1) is 24.2. The lowest BCUT2D eigenvalue weighted by Crippen LogP contribution is -2.38. The van der Waals surface area contributed by atoms with Crippen molar-refractivity contribution in [3.05, 3.63) is 49.0 Å². The lowest BCUT2D eigenvalue weighted by molar-refractivity contribution is -0.115. The summed E-state index contributed by atoms with van der Waals surface area (Å²) >= 11 is 13.0. The van der Waals surface area contributed by atoms with E-state index in [2.05, 4.69) is 20.3 Å². The van der Waals surface area contributed by atoms with Gasteiger partial charge in [0.1, 0.15) is 16.2 Å². The molecule has 0 spiro atoms. The molecule has 0 saturated carbocycles. The molecule has 0 saturated heterocycles. The molecule has 0 fully saturated rings. The second kappa shape index (κ2) is 8.84. The van der Waals surface area contributed by atoms with E-state index >= 15 is 0 Å². The average molecular weight is 497 g/mol. The Morgan fingerprint density at radius 2 is 1.81 bits per heavy atom. The molecule has 0 aliphatic rings. The monoisotopic (exact) mass is 496 g/mol. The van der Waals surface area contributed by atoms with Crippen LogP contribution in [0.2, 0.25) is 10.0 Å². The number of pyridine rings is 1. The highest BCUT2D eigenvalue weighted by Gasteiger charge is 2.26.